The minimum atomic E-state index is -4.69. The van der Waals surface area contributed by atoms with E-state index in [1.165, 1.54) is 6.92 Å². The van der Waals surface area contributed by atoms with E-state index in [0.29, 0.717) is 12.1 Å². The standard InChI is InChI=1S/C15H12Cl2F3N4O4P/c1-3-28-14(7(2)29-27)22-13-11(24(25)26)6-21-23(13)12-9(16)4-8(5-10(12)17)15(18,19)20/h4-6H,3H2,1-2H3,(H,21,22,27)/p+1. The number of H-pyrrole nitrogens is 1. The van der Waals surface area contributed by atoms with E-state index in [2.05, 4.69) is 10.1 Å². The molecule has 14 heteroatoms. The third-order valence-corrected chi connectivity index (χ3v) is 4.55. The number of aliphatic imine (C=N–C) groups is 1. The lowest BCUT2D eigenvalue weighted by molar-refractivity contribution is -0.643. The van der Waals surface area contributed by atoms with E-state index in [9.17, 15) is 28.2 Å². The van der Waals surface area contributed by atoms with Gasteiger partial charge in [0, 0.05) is 4.99 Å². The summed E-state index contributed by atoms with van der Waals surface area (Å²) in [5, 5.41) is 13.3. The molecule has 2 rings (SSSR count). The third-order valence-electron chi connectivity index (χ3n) is 3.48. The molecule has 0 aliphatic heterocycles. The fourth-order valence-electron chi connectivity index (χ4n) is 2.21. The van der Waals surface area contributed by atoms with Crippen molar-refractivity contribution in [2.45, 2.75) is 20.0 Å². The van der Waals surface area contributed by atoms with Crippen molar-refractivity contribution in [1.82, 2.24) is 5.10 Å². The van der Waals surface area contributed by atoms with Crippen LogP contribution in [0.15, 0.2) is 23.3 Å². The summed E-state index contributed by atoms with van der Waals surface area (Å²) in [6, 6.07) is 1.28. The van der Waals surface area contributed by atoms with E-state index >= 15 is 0 Å². The first-order valence-corrected chi connectivity index (χ1v) is 9.36. The van der Waals surface area contributed by atoms with Crippen molar-refractivity contribution in [3.05, 3.63) is 44.1 Å². The molecule has 29 heavy (non-hydrogen) atoms. The molecule has 0 aliphatic rings. The summed E-state index contributed by atoms with van der Waals surface area (Å²) in [5.41, 5.74) is -1.78. The van der Waals surface area contributed by atoms with Gasteiger partial charge in [-0.2, -0.15) is 13.2 Å². The van der Waals surface area contributed by atoms with Gasteiger partial charge >= 0.3 is 23.6 Å². The van der Waals surface area contributed by atoms with Crippen LogP contribution in [0.5, 0.6) is 0 Å². The number of rotatable bonds is 5. The van der Waals surface area contributed by atoms with Gasteiger partial charge in [0.1, 0.15) is 6.20 Å². The van der Waals surface area contributed by atoms with Gasteiger partial charge in [-0.15, -0.1) is 4.68 Å². The van der Waals surface area contributed by atoms with Gasteiger partial charge in [0.2, 0.25) is 0 Å². The predicted molar refractivity (Wildman–Crippen MR) is 103 cm³/mol. The van der Waals surface area contributed by atoms with Crippen LogP contribution in [0.3, 0.4) is 0 Å². The molecule has 1 aromatic carbocycles. The maximum Gasteiger partial charge on any atom is 0.431 e. The Kier molecular flexibility index (Phi) is 7.23. The highest BCUT2D eigenvalue weighted by molar-refractivity contribution is 7.37. The number of hydrogen-bond donors (Lipinski definition) is 2. The molecule has 1 aromatic heterocycles. The number of nitrogens with zero attached hydrogens (tertiary/aromatic N) is 3. The van der Waals surface area contributed by atoms with Crippen molar-refractivity contribution in [2.75, 3.05) is 6.61 Å². The molecular formula is C15H13Cl2F3N4O4P+. The average molecular weight is 472 g/mol. The first kappa shape index (κ1) is 23.1. The summed E-state index contributed by atoms with van der Waals surface area (Å²) in [6.45, 7) is 3.27. The molecule has 0 bridgehead atoms. The molecule has 8 nitrogen and oxygen atoms in total. The molecule has 0 aliphatic carbocycles. The van der Waals surface area contributed by atoms with Crippen LogP contribution >= 0.6 is 31.6 Å². The van der Waals surface area contributed by atoms with Crippen molar-refractivity contribution in [2.24, 2.45) is 4.99 Å². The highest BCUT2D eigenvalue weighted by Gasteiger charge is 2.36. The van der Waals surface area contributed by atoms with E-state index in [1.54, 1.807) is 6.92 Å². The fraction of sp³-hybridized carbons (Fsp3) is 0.267. The summed E-state index contributed by atoms with van der Waals surface area (Å²) < 4.78 is 45.2. The predicted octanol–water partition coefficient (Wildman–Crippen LogP) is 4.64. The SMILES string of the molecule is CCOC(=Nc1c([N+](=O)[O-])c[nH][n+]1-c1c(Cl)cc(C(F)(F)F)cc1Cl)C(C)=PO. The van der Waals surface area contributed by atoms with E-state index in [1.807, 2.05) is 0 Å². The Morgan fingerprint density at radius 1 is 1.41 bits per heavy atom. The number of aromatic amines is 1. The van der Waals surface area contributed by atoms with Crippen molar-refractivity contribution >= 4 is 54.3 Å². The van der Waals surface area contributed by atoms with E-state index < -0.39 is 32.4 Å². The van der Waals surface area contributed by atoms with Gasteiger partial charge in [0.05, 0.1) is 40.9 Å². The maximum absolute atomic E-state index is 13.0. The largest absolute Gasteiger partial charge is 0.459 e. The van der Waals surface area contributed by atoms with E-state index in [4.69, 9.17) is 27.9 Å². The van der Waals surface area contributed by atoms with Crippen LogP contribution in [0.4, 0.5) is 24.7 Å². The van der Waals surface area contributed by atoms with Crippen LogP contribution in [0.2, 0.25) is 10.0 Å². The molecule has 2 N–H and O–H groups in total. The highest BCUT2D eigenvalue weighted by Crippen LogP contribution is 2.37. The van der Waals surface area contributed by atoms with Gasteiger partial charge in [-0.25, -0.2) is 5.10 Å². The van der Waals surface area contributed by atoms with Gasteiger partial charge in [0.25, 0.3) is 0 Å². The van der Waals surface area contributed by atoms with Crippen LogP contribution in [-0.2, 0) is 10.9 Å². The molecule has 1 heterocycles. The number of halogens is 5. The highest BCUT2D eigenvalue weighted by atomic mass is 35.5. The van der Waals surface area contributed by atoms with Crippen LogP contribution in [0.1, 0.15) is 19.4 Å². The van der Waals surface area contributed by atoms with Gasteiger partial charge in [0.15, 0.2) is 5.69 Å². The Labute approximate surface area is 173 Å². The van der Waals surface area contributed by atoms with Crippen LogP contribution < -0.4 is 4.68 Å². The summed E-state index contributed by atoms with van der Waals surface area (Å²) in [5.74, 6) is -0.447. The second-order valence-corrected chi connectivity index (χ2v) is 7.08. The van der Waals surface area contributed by atoms with Crippen LogP contribution in [0, 0.1) is 10.1 Å². The second-order valence-electron chi connectivity index (χ2n) is 5.40. The van der Waals surface area contributed by atoms with Crippen LogP contribution in [0.25, 0.3) is 5.69 Å². The molecule has 0 spiro atoms. The lowest BCUT2D eigenvalue weighted by atomic mass is 10.2. The number of hydrogen-bond acceptors (Lipinski definition) is 5. The number of ether oxygens (including phenoxy) is 1. The lowest BCUT2D eigenvalue weighted by Crippen LogP contribution is -2.34. The molecule has 156 valence electrons. The van der Waals surface area contributed by atoms with E-state index in [-0.39, 0.29) is 37.7 Å². The minimum absolute atomic E-state index is 0.104. The Balaban J connectivity index is 2.78. The zero-order valence-corrected chi connectivity index (χ0v) is 17.2. The zero-order chi connectivity index (χ0) is 21.9. The summed E-state index contributed by atoms with van der Waals surface area (Å²) in [4.78, 5) is 24.0. The number of nitro groups is 1. The van der Waals surface area contributed by atoms with Gasteiger partial charge < -0.3 is 9.63 Å². The molecule has 0 unspecified atom stereocenters. The lowest BCUT2D eigenvalue weighted by Gasteiger charge is -2.10. The number of nitrogens with one attached hydrogen (secondary N) is 1. The molecule has 0 atom stereocenters. The Morgan fingerprint density at radius 3 is 2.45 bits per heavy atom. The third kappa shape index (κ3) is 5.05. The smallest absolute Gasteiger partial charge is 0.431 e. The monoisotopic (exact) mass is 471 g/mol. The molecule has 2 aromatic rings. The first-order valence-electron chi connectivity index (χ1n) is 7.76. The fourth-order valence-corrected chi connectivity index (χ4v) is 3.07. The Bertz CT molecular complexity index is 985. The topological polar surface area (TPSA) is 105 Å². The number of alkyl halides is 3. The van der Waals surface area contributed by atoms with Crippen molar-refractivity contribution < 1.29 is 32.4 Å². The van der Waals surface area contributed by atoms with Crippen molar-refractivity contribution in [1.29, 1.82) is 0 Å². The average Bonchev–Trinajstić information content (AvgIpc) is 3.02. The van der Waals surface area contributed by atoms with Gasteiger partial charge in [-0.05, 0) is 26.0 Å². The van der Waals surface area contributed by atoms with E-state index in [0.717, 1.165) is 10.9 Å². The molecule has 0 fully saturated rings. The zero-order valence-electron chi connectivity index (χ0n) is 14.8. The number of benzene rings is 1. The Hall–Kier alpha value is -2.20. The van der Waals surface area contributed by atoms with Crippen molar-refractivity contribution in [3.8, 4) is 5.69 Å². The van der Waals surface area contributed by atoms with Crippen LogP contribution in [-0.4, -0.2) is 32.7 Å². The van der Waals surface area contributed by atoms with Crippen molar-refractivity contribution in [3.63, 3.8) is 0 Å². The minimum Gasteiger partial charge on any atom is -0.459 e. The Morgan fingerprint density at radius 2 is 2.00 bits per heavy atom. The normalized spacial score (nSPS) is 13.0. The van der Waals surface area contributed by atoms with Gasteiger partial charge in [-0.3, -0.25) is 10.1 Å². The summed E-state index contributed by atoms with van der Waals surface area (Å²) in [6.07, 6.45) is -3.72. The van der Waals surface area contributed by atoms with Gasteiger partial charge in [-0.1, -0.05) is 23.2 Å². The molecule has 0 amide bonds. The first-order chi connectivity index (χ1) is 13.5. The molecule has 0 saturated heterocycles. The molecule has 0 saturated carbocycles. The summed E-state index contributed by atoms with van der Waals surface area (Å²) in [7, 11) is -0.182. The second kappa shape index (κ2) is 9.08. The maximum atomic E-state index is 13.0. The summed E-state index contributed by atoms with van der Waals surface area (Å²) >= 11 is 12.0. The quantitative estimate of drug-likeness (QED) is 0.165. The molecular weight excluding hydrogens is 459 g/mol. The number of aromatic nitrogens is 2. The molecule has 0 radical (unpaired) electrons.